The van der Waals surface area contributed by atoms with Gasteiger partial charge in [0.15, 0.2) is 17.1 Å². The number of carbonyl (C=O) groups is 1. The molecular weight excluding hydrogens is 342 g/mol. The van der Waals surface area contributed by atoms with Crippen molar-refractivity contribution >= 4 is 17.5 Å². The van der Waals surface area contributed by atoms with Crippen LogP contribution in [0.2, 0.25) is 5.02 Å². The SMILES string of the molecule is COc1ccccc1OCCNC(=O)C(C)(C)Oc1ccc(Cl)cc1. The maximum absolute atomic E-state index is 12.3. The van der Waals surface area contributed by atoms with Crippen molar-refractivity contribution in [2.24, 2.45) is 0 Å². The first-order valence-corrected chi connectivity index (χ1v) is 8.29. The molecule has 0 radical (unpaired) electrons. The van der Waals surface area contributed by atoms with Crippen LogP contribution in [0.1, 0.15) is 13.8 Å². The van der Waals surface area contributed by atoms with E-state index in [-0.39, 0.29) is 5.91 Å². The van der Waals surface area contributed by atoms with E-state index in [4.69, 9.17) is 25.8 Å². The van der Waals surface area contributed by atoms with Gasteiger partial charge in [-0.25, -0.2) is 0 Å². The molecule has 1 N–H and O–H groups in total. The molecular formula is C19H22ClNO4. The van der Waals surface area contributed by atoms with Crippen LogP contribution in [0.5, 0.6) is 17.2 Å². The zero-order valence-corrected chi connectivity index (χ0v) is 15.3. The Balaban J connectivity index is 1.81. The van der Waals surface area contributed by atoms with Crippen LogP contribution in [0, 0.1) is 0 Å². The molecule has 0 aliphatic rings. The highest BCUT2D eigenvalue weighted by atomic mass is 35.5. The first-order chi connectivity index (χ1) is 11.9. The molecule has 2 aromatic rings. The molecule has 25 heavy (non-hydrogen) atoms. The number of methoxy groups -OCH3 is 1. The fraction of sp³-hybridized carbons (Fsp3) is 0.316. The molecule has 0 saturated heterocycles. The smallest absolute Gasteiger partial charge is 0.263 e. The number of hydrogen-bond acceptors (Lipinski definition) is 4. The van der Waals surface area contributed by atoms with Gasteiger partial charge in [-0.05, 0) is 50.2 Å². The summed E-state index contributed by atoms with van der Waals surface area (Å²) in [7, 11) is 1.58. The molecule has 2 aromatic carbocycles. The van der Waals surface area contributed by atoms with Crippen molar-refractivity contribution in [2.45, 2.75) is 19.4 Å². The fourth-order valence-electron chi connectivity index (χ4n) is 2.12. The van der Waals surface area contributed by atoms with Crippen molar-refractivity contribution in [3.05, 3.63) is 53.6 Å². The summed E-state index contributed by atoms with van der Waals surface area (Å²) in [5.74, 6) is 1.64. The molecule has 0 aliphatic carbocycles. The van der Waals surface area contributed by atoms with Gasteiger partial charge in [0.1, 0.15) is 12.4 Å². The Morgan fingerprint density at radius 2 is 1.72 bits per heavy atom. The lowest BCUT2D eigenvalue weighted by Crippen LogP contribution is -2.47. The number of rotatable bonds is 8. The summed E-state index contributed by atoms with van der Waals surface area (Å²) in [6.07, 6.45) is 0. The van der Waals surface area contributed by atoms with Crippen LogP contribution in [-0.2, 0) is 4.79 Å². The average Bonchev–Trinajstić information content (AvgIpc) is 2.60. The molecule has 0 heterocycles. The van der Waals surface area contributed by atoms with E-state index >= 15 is 0 Å². The zero-order valence-electron chi connectivity index (χ0n) is 14.5. The van der Waals surface area contributed by atoms with Gasteiger partial charge in [0.05, 0.1) is 13.7 Å². The standard InChI is InChI=1S/C19H22ClNO4/c1-19(2,25-15-10-8-14(20)9-11-15)18(22)21-12-13-24-17-7-5-4-6-16(17)23-3/h4-11H,12-13H2,1-3H3,(H,21,22). The third kappa shape index (κ3) is 5.57. The van der Waals surface area contributed by atoms with Gasteiger partial charge in [0.2, 0.25) is 0 Å². The van der Waals surface area contributed by atoms with Gasteiger partial charge in [-0.1, -0.05) is 23.7 Å². The summed E-state index contributed by atoms with van der Waals surface area (Å²) in [4.78, 5) is 12.3. The van der Waals surface area contributed by atoms with E-state index < -0.39 is 5.60 Å². The molecule has 0 aromatic heterocycles. The Morgan fingerprint density at radius 3 is 2.36 bits per heavy atom. The maximum Gasteiger partial charge on any atom is 0.263 e. The van der Waals surface area contributed by atoms with Gasteiger partial charge in [0.25, 0.3) is 5.91 Å². The van der Waals surface area contributed by atoms with Crippen molar-refractivity contribution in [1.82, 2.24) is 5.32 Å². The van der Waals surface area contributed by atoms with Gasteiger partial charge < -0.3 is 19.5 Å². The van der Waals surface area contributed by atoms with Crippen molar-refractivity contribution in [1.29, 1.82) is 0 Å². The number of halogens is 1. The second-order valence-corrected chi connectivity index (χ2v) is 6.26. The van der Waals surface area contributed by atoms with E-state index in [1.165, 1.54) is 0 Å². The van der Waals surface area contributed by atoms with Crippen LogP contribution < -0.4 is 19.5 Å². The quantitative estimate of drug-likeness (QED) is 0.726. The zero-order chi connectivity index (χ0) is 18.3. The Hall–Kier alpha value is -2.40. The molecule has 2 rings (SSSR count). The first kappa shape index (κ1) is 18.9. The van der Waals surface area contributed by atoms with Crippen LogP contribution >= 0.6 is 11.6 Å². The molecule has 0 bridgehead atoms. The van der Waals surface area contributed by atoms with E-state index in [9.17, 15) is 4.79 Å². The van der Waals surface area contributed by atoms with Crippen LogP contribution in [0.25, 0.3) is 0 Å². The predicted molar refractivity (Wildman–Crippen MR) is 97.7 cm³/mol. The van der Waals surface area contributed by atoms with Gasteiger partial charge in [-0.15, -0.1) is 0 Å². The van der Waals surface area contributed by atoms with E-state index in [2.05, 4.69) is 5.32 Å². The van der Waals surface area contributed by atoms with Crippen LogP contribution in [0.4, 0.5) is 0 Å². The van der Waals surface area contributed by atoms with Crippen LogP contribution in [0.3, 0.4) is 0 Å². The molecule has 0 unspecified atom stereocenters. The number of para-hydroxylation sites is 2. The Kier molecular flexibility index (Phi) is 6.53. The van der Waals surface area contributed by atoms with Gasteiger partial charge in [-0.2, -0.15) is 0 Å². The largest absolute Gasteiger partial charge is 0.493 e. The molecule has 0 atom stereocenters. The van der Waals surface area contributed by atoms with Crippen molar-refractivity contribution < 1.29 is 19.0 Å². The third-order valence-corrected chi connectivity index (χ3v) is 3.70. The lowest BCUT2D eigenvalue weighted by Gasteiger charge is -2.25. The predicted octanol–water partition coefficient (Wildman–Crippen LogP) is 3.70. The number of ether oxygens (including phenoxy) is 3. The van der Waals surface area contributed by atoms with Gasteiger partial charge in [-0.3, -0.25) is 4.79 Å². The average molecular weight is 364 g/mol. The van der Waals surface area contributed by atoms with Crippen LogP contribution in [0.15, 0.2) is 48.5 Å². The van der Waals surface area contributed by atoms with E-state index in [1.807, 2.05) is 24.3 Å². The molecule has 1 amide bonds. The summed E-state index contributed by atoms with van der Waals surface area (Å²) in [5, 5.41) is 3.42. The van der Waals surface area contributed by atoms with E-state index in [1.54, 1.807) is 45.2 Å². The van der Waals surface area contributed by atoms with Crippen molar-refractivity contribution in [3.63, 3.8) is 0 Å². The topological polar surface area (TPSA) is 56.8 Å². The number of carbonyl (C=O) groups excluding carboxylic acids is 1. The molecule has 5 nitrogen and oxygen atoms in total. The molecule has 0 spiro atoms. The normalized spacial score (nSPS) is 10.9. The van der Waals surface area contributed by atoms with Crippen molar-refractivity contribution in [3.8, 4) is 17.2 Å². The summed E-state index contributed by atoms with van der Waals surface area (Å²) in [6.45, 7) is 4.09. The summed E-state index contributed by atoms with van der Waals surface area (Å²) in [5.41, 5.74) is -1.02. The number of hydrogen-bond donors (Lipinski definition) is 1. The Bertz CT molecular complexity index is 701. The third-order valence-electron chi connectivity index (χ3n) is 3.45. The molecule has 0 saturated carbocycles. The number of amides is 1. The summed E-state index contributed by atoms with van der Waals surface area (Å²) >= 11 is 5.84. The van der Waals surface area contributed by atoms with Crippen LogP contribution in [-0.4, -0.2) is 31.8 Å². The fourth-order valence-corrected chi connectivity index (χ4v) is 2.25. The second-order valence-electron chi connectivity index (χ2n) is 5.82. The lowest BCUT2D eigenvalue weighted by atomic mass is 10.1. The highest BCUT2D eigenvalue weighted by Gasteiger charge is 2.29. The van der Waals surface area contributed by atoms with Gasteiger partial charge in [0, 0.05) is 5.02 Å². The Morgan fingerprint density at radius 1 is 1.08 bits per heavy atom. The van der Waals surface area contributed by atoms with Gasteiger partial charge >= 0.3 is 0 Å². The highest BCUT2D eigenvalue weighted by molar-refractivity contribution is 6.30. The second kappa shape index (κ2) is 8.62. The summed E-state index contributed by atoms with van der Waals surface area (Å²) in [6, 6.07) is 14.2. The minimum atomic E-state index is -1.02. The Labute approximate surface area is 152 Å². The number of benzene rings is 2. The molecule has 0 fully saturated rings. The molecule has 134 valence electrons. The number of nitrogens with one attached hydrogen (secondary N) is 1. The van der Waals surface area contributed by atoms with Crippen molar-refractivity contribution in [2.75, 3.05) is 20.3 Å². The van der Waals surface area contributed by atoms with E-state index in [0.717, 1.165) is 0 Å². The van der Waals surface area contributed by atoms with E-state index in [0.29, 0.717) is 35.4 Å². The maximum atomic E-state index is 12.3. The minimum Gasteiger partial charge on any atom is -0.493 e. The summed E-state index contributed by atoms with van der Waals surface area (Å²) < 4.78 is 16.6. The molecule has 0 aliphatic heterocycles. The lowest BCUT2D eigenvalue weighted by molar-refractivity contribution is -0.134. The first-order valence-electron chi connectivity index (χ1n) is 7.91. The minimum absolute atomic E-state index is 0.230. The monoisotopic (exact) mass is 363 g/mol. The highest BCUT2D eigenvalue weighted by Crippen LogP contribution is 2.25. The molecule has 6 heteroatoms.